The van der Waals surface area contributed by atoms with Gasteiger partial charge in [0.25, 0.3) is 0 Å². The van der Waals surface area contributed by atoms with Crippen LogP contribution < -0.4 is 0 Å². The lowest BCUT2D eigenvalue weighted by Gasteiger charge is -2.23. The summed E-state index contributed by atoms with van der Waals surface area (Å²) in [5.41, 5.74) is 1.86. The van der Waals surface area contributed by atoms with Gasteiger partial charge >= 0.3 is 0 Å². The zero-order valence-electron chi connectivity index (χ0n) is 10.3. The fourth-order valence-corrected chi connectivity index (χ4v) is 1.59. The summed E-state index contributed by atoms with van der Waals surface area (Å²) in [6.45, 7) is 2.42. The van der Waals surface area contributed by atoms with Gasteiger partial charge in [-0.25, -0.2) is 0 Å². The molecule has 1 rings (SSSR count). The SMILES string of the molecule is C#CC(C)c1ccc(C(O)N(C)CCO)cc1. The van der Waals surface area contributed by atoms with Gasteiger partial charge in [0.05, 0.1) is 6.61 Å². The number of likely N-dealkylation sites (N-methyl/N-ethyl adjacent to an activating group) is 1. The molecule has 0 fully saturated rings. The molecule has 2 atom stereocenters. The molecule has 0 aliphatic rings. The van der Waals surface area contributed by atoms with Crippen LogP contribution >= 0.6 is 0 Å². The van der Waals surface area contributed by atoms with E-state index in [0.717, 1.165) is 11.1 Å². The van der Waals surface area contributed by atoms with Crippen molar-refractivity contribution < 1.29 is 10.2 Å². The van der Waals surface area contributed by atoms with E-state index in [0.29, 0.717) is 6.54 Å². The summed E-state index contributed by atoms with van der Waals surface area (Å²) < 4.78 is 0. The fraction of sp³-hybridized carbons (Fsp3) is 0.429. The monoisotopic (exact) mass is 233 g/mol. The molecule has 17 heavy (non-hydrogen) atoms. The van der Waals surface area contributed by atoms with Crippen LogP contribution in [0.25, 0.3) is 0 Å². The van der Waals surface area contributed by atoms with Crippen molar-refractivity contribution in [3.8, 4) is 12.3 Å². The van der Waals surface area contributed by atoms with Gasteiger partial charge < -0.3 is 10.2 Å². The number of nitrogens with zero attached hydrogens (tertiary/aromatic N) is 1. The molecule has 0 saturated heterocycles. The summed E-state index contributed by atoms with van der Waals surface area (Å²) in [6, 6.07) is 7.58. The molecule has 0 spiro atoms. The van der Waals surface area contributed by atoms with Gasteiger partial charge in [-0.05, 0) is 25.1 Å². The summed E-state index contributed by atoms with van der Waals surface area (Å²) in [4.78, 5) is 1.68. The highest BCUT2D eigenvalue weighted by molar-refractivity contribution is 5.29. The maximum Gasteiger partial charge on any atom is 0.133 e. The minimum Gasteiger partial charge on any atom is -0.395 e. The third kappa shape index (κ3) is 3.57. The standard InChI is InChI=1S/C14H19NO2/c1-4-11(2)12-5-7-13(8-6-12)14(17)15(3)9-10-16/h1,5-8,11,14,16-17H,9-10H2,2-3H3. The topological polar surface area (TPSA) is 43.7 Å². The van der Waals surface area contributed by atoms with E-state index < -0.39 is 6.23 Å². The van der Waals surface area contributed by atoms with Gasteiger partial charge in [0, 0.05) is 12.5 Å². The molecule has 2 unspecified atom stereocenters. The van der Waals surface area contributed by atoms with Gasteiger partial charge in [0.1, 0.15) is 6.23 Å². The minimum atomic E-state index is -0.697. The maximum atomic E-state index is 9.98. The molecular formula is C14H19NO2. The Balaban J connectivity index is 2.77. The Labute approximate surface area is 103 Å². The Hall–Kier alpha value is -1.34. The Kier molecular flexibility index (Phi) is 5.17. The minimum absolute atomic E-state index is 0.0276. The number of aliphatic hydroxyl groups excluding tert-OH is 2. The van der Waals surface area contributed by atoms with Gasteiger partial charge in [-0.2, -0.15) is 0 Å². The average molecular weight is 233 g/mol. The number of hydrogen-bond acceptors (Lipinski definition) is 3. The van der Waals surface area contributed by atoms with Crippen molar-refractivity contribution in [2.75, 3.05) is 20.2 Å². The van der Waals surface area contributed by atoms with E-state index in [2.05, 4.69) is 5.92 Å². The molecule has 0 amide bonds. The van der Waals surface area contributed by atoms with Crippen LogP contribution in [-0.4, -0.2) is 35.3 Å². The predicted molar refractivity (Wildman–Crippen MR) is 68.4 cm³/mol. The van der Waals surface area contributed by atoms with E-state index in [4.69, 9.17) is 11.5 Å². The molecule has 0 saturated carbocycles. The Morgan fingerprint density at radius 2 is 1.82 bits per heavy atom. The van der Waals surface area contributed by atoms with Crippen LogP contribution in [0.5, 0.6) is 0 Å². The summed E-state index contributed by atoms with van der Waals surface area (Å²) in [6.07, 6.45) is 4.66. The van der Waals surface area contributed by atoms with E-state index in [1.54, 1.807) is 11.9 Å². The smallest absolute Gasteiger partial charge is 0.133 e. The van der Waals surface area contributed by atoms with Crippen molar-refractivity contribution in [2.45, 2.75) is 19.1 Å². The second-order valence-electron chi connectivity index (χ2n) is 4.13. The molecule has 0 heterocycles. The lowest BCUT2D eigenvalue weighted by molar-refractivity contribution is 0.0112. The van der Waals surface area contributed by atoms with Crippen molar-refractivity contribution in [2.24, 2.45) is 0 Å². The van der Waals surface area contributed by atoms with Crippen LogP contribution in [-0.2, 0) is 0 Å². The van der Waals surface area contributed by atoms with Crippen LogP contribution in [0.1, 0.15) is 30.2 Å². The first-order chi connectivity index (χ1) is 8.10. The molecule has 0 aromatic heterocycles. The molecule has 0 radical (unpaired) electrons. The largest absolute Gasteiger partial charge is 0.395 e. The summed E-state index contributed by atoms with van der Waals surface area (Å²) in [5, 5.41) is 18.8. The number of hydrogen-bond donors (Lipinski definition) is 2. The van der Waals surface area contributed by atoms with E-state index in [1.165, 1.54) is 0 Å². The van der Waals surface area contributed by atoms with Crippen molar-refractivity contribution >= 4 is 0 Å². The fourth-order valence-electron chi connectivity index (χ4n) is 1.59. The number of benzene rings is 1. The first kappa shape index (κ1) is 13.7. The first-order valence-corrected chi connectivity index (χ1v) is 5.65. The van der Waals surface area contributed by atoms with Crippen LogP contribution in [0, 0.1) is 12.3 Å². The number of rotatable bonds is 5. The van der Waals surface area contributed by atoms with Gasteiger partial charge in [0.15, 0.2) is 0 Å². The van der Waals surface area contributed by atoms with E-state index in [1.807, 2.05) is 31.2 Å². The molecule has 1 aromatic rings. The molecule has 1 aromatic carbocycles. The zero-order valence-corrected chi connectivity index (χ0v) is 10.3. The molecule has 3 nitrogen and oxygen atoms in total. The first-order valence-electron chi connectivity index (χ1n) is 5.65. The molecule has 2 N–H and O–H groups in total. The second kappa shape index (κ2) is 6.41. The molecule has 3 heteroatoms. The lowest BCUT2D eigenvalue weighted by Crippen LogP contribution is -2.27. The molecular weight excluding hydrogens is 214 g/mol. The van der Waals surface area contributed by atoms with Crippen LogP contribution in [0.15, 0.2) is 24.3 Å². The Morgan fingerprint density at radius 3 is 2.29 bits per heavy atom. The van der Waals surface area contributed by atoms with Gasteiger partial charge in [0.2, 0.25) is 0 Å². The molecule has 0 bridgehead atoms. The highest BCUT2D eigenvalue weighted by atomic mass is 16.3. The summed E-state index contributed by atoms with van der Waals surface area (Å²) in [5.74, 6) is 2.75. The predicted octanol–water partition coefficient (Wildman–Crippen LogP) is 1.34. The second-order valence-corrected chi connectivity index (χ2v) is 4.13. The Bertz CT molecular complexity index is 380. The third-order valence-electron chi connectivity index (χ3n) is 2.85. The van der Waals surface area contributed by atoms with Gasteiger partial charge in [-0.1, -0.05) is 30.2 Å². The third-order valence-corrected chi connectivity index (χ3v) is 2.85. The van der Waals surface area contributed by atoms with E-state index in [9.17, 15) is 5.11 Å². The maximum absolute atomic E-state index is 9.98. The number of aliphatic hydroxyl groups is 2. The van der Waals surface area contributed by atoms with Crippen molar-refractivity contribution in [3.63, 3.8) is 0 Å². The van der Waals surface area contributed by atoms with Gasteiger partial charge in [-0.15, -0.1) is 6.42 Å². The van der Waals surface area contributed by atoms with E-state index in [-0.39, 0.29) is 12.5 Å². The van der Waals surface area contributed by atoms with Crippen LogP contribution in [0.4, 0.5) is 0 Å². The lowest BCUT2D eigenvalue weighted by atomic mass is 10.0. The number of terminal acetylenes is 1. The quantitative estimate of drug-likeness (QED) is 0.596. The van der Waals surface area contributed by atoms with Crippen molar-refractivity contribution in [1.82, 2.24) is 4.90 Å². The van der Waals surface area contributed by atoms with Gasteiger partial charge in [-0.3, -0.25) is 4.90 Å². The molecule has 92 valence electrons. The summed E-state index contributed by atoms with van der Waals surface area (Å²) in [7, 11) is 1.76. The van der Waals surface area contributed by atoms with Crippen LogP contribution in [0.3, 0.4) is 0 Å². The molecule has 0 aliphatic carbocycles. The normalized spacial score (nSPS) is 14.4. The highest BCUT2D eigenvalue weighted by Gasteiger charge is 2.13. The van der Waals surface area contributed by atoms with Crippen molar-refractivity contribution in [3.05, 3.63) is 35.4 Å². The van der Waals surface area contributed by atoms with Crippen molar-refractivity contribution in [1.29, 1.82) is 0 Å². The van der Waals surface area contributed by atoms with E-state index >= 15 is 0 Å². The highest BCUT2D eigenvalue weighted by Crippen LogP contribution is 2.20. The average Bonchev–Trinajstić information content (AvgIpc) is 2.37. The Morgan fingerprint density at radius 1 is 1.29 bits per heavy atom. The molecule has 0 aliphatic heterocycles. The summed E-state index contributed by atoms with van der Waals surface area (Å²) >= 11 is 0. The van der Waals surface area contributed by atoms with Crippen LogP contribution in [0.2, 0.25) is 0 Å². The zero-order chi connectivity index (χ0) is 12.8.